The van der Waals surface area contributed by atoms with E-state index in [1.807, 2.05) is 0 Å². The van der Waals surface area contributed by atoms with Crippen molar-refractivity contribution in [3.8, 4) is 5.75 Å². The van der Waals surface area contributed by atoms with E-state index in [0.717, 1.165) is 32.0 Å². The van der Waals surface area contributed by atoms with Crippen molar-refractivity contribution in [1.82, 2.24) is 4.90 Å². The Bertz CT molecular complexity index is 539. The van der Waals surface area contributed by atoms with Crippen LogP contribution in [0.15, 0.2) is 12.1 Å². The monoisotopic (exact) mass is 295 g/mol. The van der Waals surface area contributed by atoms with Gasteiger partial charge in [-0.1, -0.05) is 12.8 Å². The third-order valence-corrected chi connectivity index (χ3v) is 4.14. The van der Waals surface area contributed by atoms with Gasteiger partial charge < -0.3 is 9.64 Å². The van der Waals surface area contributed by atoms with Crippen molar-refractivity contribution >= 4 is 5.91 Å². The lowest BCUT2D eigenvalue weighted by molar-refractivity contribution is -0.133. The van der Waals surface area contributed by atoms with Gasteiger partial charge in [-0.05, 0) is 18.8 Å². The van der Waals surface area contributed by atoms with Gasteiger partial charge >= 0.3 is 0 Å². The van der Waals surface area contributed by atoms with E-state index < -0.39 is 11.6 Å². The summed E-state index contributed by atoms with van der Waals surface area (Å²) in [6.07, 6.45) is 4.24. The molecule has 2 aliphatic rings. The van der Waals surface area contributed by atoms with Crippen molar-refractivity contribution in [3.05, 3.63) is 29.3 Å². The van der Waals surface area contributed by atoms with Crippen molar-refractivity contribution in [1.29, 1.82) is 0 Å². The zero-order valence-corrected chi connectivity index (χ0v) is 11.9. The van der Waals surface area contributed by atoms with Gasteiger partial charge in [-0.2, -0.15) is 0 Å². The first-order chi connectivity index (χ1) is 10.1. The van der Waals surface area contributed by atoms with Gasteiger partial charge in [0.2, 0.25) is 5.91 Å². The summed E-state index contributed by atoms with van der Waals surface area (Å²) in [6.45, 7) is 1.89. The second-order valence-electron chi connectivity index (χ2n) is 5.86. The van der Waals surface area contributed by atoms with Crippen LogP contribution in [0.5, 0.6) is 5.75 Å². The Balaban J connectivity index is 1.70. The predicted octanol–water partition coefficient (Wildman–Crippen LogP) is 2.92. The van der Waals surface area contributed by atoms with E-state index in [1.165, 1.54) is 18.9 Å². The number of benzene rings is 1. The lowest BCUT2D eigenvalue weighted by Crippen LogP contribution is -2.43. The number of likely N-dealkylation sites (tertiary alicyclic amines) is 1. The van der Waals surface area contributed by atoms with Gasteiger partial charge in [0, 0.05) is 30.8 Å². The number of hydrogen-bond acceptors (Lipinski definition) is 2. The summed E-state index contributed by atoms with van der Waals surface area (Å²) in [5, 5.41) is 0. The van der Waals surface area contributed by atoms with Gasteiger partial charge in [-0.3, -0.25) is 4.79 Å². The molecule has 1 aliphatic carbocycles. The van der Waals surface area contributed by atoms with E-state index >= 15 is 0 Å². The van der Waals surface area contributed by atoms with Crippen LogP contribution in [0.2, 0.25) is 0 Å². The maximum atomic E-state index is 14.0. The molecule has 0 bridgehead atoms. The summed E-state index contributed by atoms with van der Waals surface area (Å²) in [4.78, 5) is 13.7. The van der Waals surface area contributed by atoms with Crippen LogP contribution in [-0.2, 0) is 11.2 Å². The largest absolute Gasteiger partial charge is 0.493 e. The van der Waals surface area contributed by atoms with Crippen LogP contribution < -0.4 is 4.74 Å². The molecule has 3 nitrogen and oxygen atoms in total. The lowest BCUT2D eigenvalue weighted by atomic mass is 10.1. The van der Waals surface area contributed by atoms with Crippen molar-refractivity contribution in [3.63, 3.8) is 0 Å². The quantitative estimate of drug-likeness (QED) is 0.807. The van der Waals surface area contributed by atoms with Crippen molar-refractivity contribution in [2.75, 3.05) is 19.7 Å². The Hall–Kier alpha value is -1.65. The van der Waals surface area contributed by atoms with E-state index in [4.69, 9.17) is 4.74 Å². The van der Waals surface area contributed by atoms with Gasteiger partial charge in [0.1, 0.15) is 17.4 Å². The molecule has 1 heterocycles. The number of rotatable bonds is 6. The van der Waals surface area contributed by atoms with E-state index in [9.17, 15) is 13.6 Å². The molecular formula is C16H19F2NO2. The second-order valence-corrected chi connectivity index (χ2v) is 5.86. The highest BCUT2D eigenvalue weighted by molar-refractivity contribution is 5.80. The molecule has 2 fully saturated rings. The number of halogens is 2. The zero-order chi connectivity index (χ0) is 14.8. The molecule has 1 saturated carbocycles. The molecule has 0 spiro atoms. The fourth-order valence-corrected chi connectivity index (χ4v) is 2.45. The Morgan fingerprint density at radius 1 is 1.29 bits per heavy atom. The van der Waals surface area contributed by atoms with Crippen molar-refractivity contribution < 1.29 is 18.3 Å². The number of ether oxygens (including phenoxy) is 1. The summed E-state index contributed by atoms with van der Waals surface area (Å²) < 4.78 is 32.9. The molecule has 21 heavy (non-hydrogen) atoms. The van der Waals surface area contributed by atoms with Gasteiger partial charge in [0.25, 0.3) is 0 Å². The van der Waals surface area contributed by atoms with E-state index in [1.54, 1.807) is 4.90 Å². The molecule has 114 valence electrons. The number of nitrogens with zero attached hydrogens (tertiary/aromatic N) is 1. The maximum Gasteiger partial charge on any atom is 0.227 e. The summed E-state index contributed by atoms with van der Waals surface area (Å²) in [5.41, 5.74) is 0.170. The van der Waals surface area contributed by atoms with Gasteiger partial charge in [-0.25, -0.2) is 8.78 Å². The number of amides is 1. The van der Waals surface area contributed by atoms with Crippen LogP contribution in [0.4, 0.5) is 8.78 Å². The first-order valence-electron chi connectivity index (χ1n) is 7.52. The predicted molar refractivity (Wildman–Crippen MR) is 74.1 cm³/mol. The van der Waals surface area contributed by atoms with Crippen LogP contribution in [-0.4, -0.2) is 30.5 Å². The van der Waals surface area contributed by atoms with Crippen molar-refractivity contribution in [2.24, 2.45) is 5.92 Å². The molecule has 1 aliphatic heterocycles. The highest BCUT2D eigenvalue weighted by Gasteiger charge is 2.24. The Morgan fingerprint density at radius 3 is 2.67 bits per heavy atom. The average Bonchev–Trinajstić information content (AvgIpc) is 3.15. The molecule has 1 aromatic rings. The SMILES string of the molecule is O=C(Cc1c(F)cc(F)cc1OCCC1CC1)N1CCC1. The van der Waals surface area contributed by atoms with E-state index in [2.05, 4.69) is 0 Å². The molecule has 0 atom stereocenters. The van der Waals surface area contributed by atoms with Crippen LogP contribution in [0, 0.1) is 17.6 Å². The lowest BCUT2D eigenvalue weighted by Gasteiger charge is -2.31. The highest BCUT2D eigenvalue weighted by Crippen LogP contribution is 2.33. The molecule has 0 aromatic heterocycles. The van der Waals surface area contributed by atoms with Gasteiger partial charge in [0.15, 0.2) is 0 Å². The molecule has 3 rings (SSSR count). The van der Waals surface area contributed by atoms with E-state index in [-0.39, 0.29) is 23.6 Å². The minimum absolute atomic E-state index is 0.0646. The molecular weight excluding hydrogens is 276 g/mol. The first kappa shape index (κ1) is 14.3. The zero-order valence-electron chi connectivity index (χ0n) is 11.9. The minimum atomic E-state index is -0.703. The summed E-state index contributed by atoms with van der Waals surface area (Å²) >= 11 is 0. The summed E-state index contributed by atoms with van der Waals surface area (Å²) in [6, 6.07) is 1.99. The Morgan fingerprint density at radius 2 is 2.05 bits per heavy atom. The first-order valence-corrected chi connectivity index (χ1v) is 7.52. The third-order valence-electron chi connectivity index (χ3n) is 4.14. The highest BCUT2D eigenvalue weighted by atomic mass is 19.1. The smallest absolute Gasteiger partial charge is 0.227 e. The molecule has 0 radical (unpaired) electrons. The number of hydrogen-bond donors (Lipinski definition) is 0. The van der Waals surface area contributed by atoms with Crippen LogP contribution in [0.3, 0.4) is 0 Å². The normalized spacial score (nSPS) is 17.5. The maximum absolute atomic E-state index is 14.0. The third kappa shape index (κ3) is 3.52. The fourth-order valence-electron chi connectivity index (χ4n) is 2.45. The number of carbonyl (C=O) groups excluding carboxylic acids is 1. The summed E-state index contributed by atoms with van der Waals surface area (Å²) in [5.74, 6) is -0.644. The topological polar surface area (TPSA) is 29.5 Å². The van der Waals surface area contributed by atoms with Gasteiger partial charge in [0.05, 0.1) is 13.0 Å². The molecule has 0 unspecified atom stereocenters. The van der Waals surface area contributed by atoms with E-state index in [0.29, 0.717) is 12.5 Å². The van der Waals surface area contributed by atoms with Crippen LogP contribution in [0.1, 0.15) is 31.2 Å². The minimum Gasteiger partial charge on any atom is -0.493 e. The van der Waals surface area contributed by atoms with Crippen LogP contribution in [0.25, 0.3) is 0 Å². The standard InChI is InChI=1S/C16H19F2NO2/c17-12-8-14(18)13(10-16(20)19-5-1-6-19)15(9-12)21-7-4-11-2-3-11/h8-9,11H,1-7,10H2. The Labute approximate surface area is 122 Å². The summed E-state index contributed by atoms with van der Waals surface area (Å²) in [7, 11) is 0. The van der Waals surface area contributed by atoms with Crippen molar-refractivity contribution in [2.45, 2.75) is 32.1 Å². The molecule has 1 aromatic carbocycles. The van der Waals surface area contributed by atoms with Crippen LogP contribution >= 0.6 is 0 Å². The average molecular weight is 295 g/mol. The second kappa shape index (κ2) is 6.00. The fraction of sp³-hybridized carbons (Fsp3) is 0.562. The Kier molecular flexibility index (Phi) is 4.08. The van der Waals surface area contributed by atoms with Gasteiger partial charge in [-0.15, -0.1) is 0 Å². The molecule has 1 saturated heterocycles. The molecule has 0 N–H and O–H groups in total. The number of carbonyl (C=O) groups is 1. The molecule has 5 heteroatoms. The molecule has 1 amide bonds.